The van der Waals surface area contributed by atoms with Crippen LogP contribution in [0, 0.1) is 0 Å². The number of nitrogens with one attached hydrogen (secondary N) is 1. The maximum absolute atomic E-state index is 5.53. The van der Waals surface area contributed by atoms with E-state index in [2.05, 4.69) is 35.1 Å². The van der Waals surface area contributed by atoms with E-state index in [-0.39, 0.29) is 0 Å². The average molecular weight is 285 g/mol. The van der Waals surface area contributed by atoms with Gasteiger partial charge in [-0.2, -0.15) is 0 Å². The third-order valence-corrected chi connectivity index (χ3v) is 3.32. The smallest absolute Gasteiger partial charge is 0.173 e. The van der Waals surface area contributed by atoms with E-state index in [4.69, 9.17) is 12.2 Å². The van der Waals surface area contributed by atoms with Crippen LogP contribution < -0.4 is 5.32 Å². The second-order valence-electron chi connectivity index (χ2n) is 4.88. The second-order valence-corrected chi connectivity index (χ2v) is 5.27. The van der Waals surface area contributed by atoms with Crippen molar-refractivity contribution in [3.63, 3.8) is 0 Å². The largest absolute Gasteiger partial charge is 0.342 e. The molecule has 0 aliphatic carbocycles. The fraction of sp³-hybridized carbons (Fsp3) is 0.250. The van der Waals surface area contributed by atoms with Gasteiger partial charge in [0.25, 0.3) is 0 Å². The molecule has 104 valence electrons. The molecule has 2 rings (SSSR count). The zero-order valence-corrected chi connectivity index (χ0v) is 12.6. The van der Waals surface area contributed by atoms with E-state index < -0.39 is 0 Å². The van der Waals surface area contributed by atoms with Crippen molar-refractivity contribution in [1.82, 2.24) is 9.88 Å². The molecule has 2 aromatic rings. The number of benzene rings is 1. The third kappa shape index (κ3) is 4.03. The predicted octanol–water partition coefficient (Wildman–Crippen LogP) is 3.69. The number of hydrogen-bond donors (Lipinski definition) is 1. The van der Waals surface area contributed by atoms with Gasteiger partial charge in [-0.15, -0.1) is 0 Å². The number of hydrogen-bond acceptors (Lipinski definition) is 2. The van der Waals surface area contributed by atoms with Crippen LogP contribution in [0.1, 0.15) is 19.4 Å². The Morgan fingerprint density at radius 1 is 1.20 bits per heavy atom. The molecule has 0 aliphatic rings. The van der Waals surface area contributed by atoms with Crippen LogP contribution in [0.3, 0.4) is 0 Å². The molecule has 0 radical (unpaired) electrons. The summed E-state index contributed by atoms with van der Waals surface area (Å²) < 4.78 is 0. The minimum absolute atomic E-state index is 0.318. The lowest BCUT2D eigenvalue weighted by Gasteiger charge is -2.29. The van der Waals surface area contributed by atoms with Gasteiger partial charge in [0.05, 0.1) is 0 Å². The Morgan fingerprint density at radius 3 is 2.55 bits per heavy atom. The maximum Gasteiger partial charge on any atom is 0.173 e. The summed E-state index contributed by atoms with van der Waals surface area (Å²) in [6.07, 6.45) is 3.66. The van der Waals surface area contributed by atoms with Gasteiger partial charge in [0.1, 0.15) is 0 Å². The van der Waals surface area contributed by atoms with Gasteiger partial charge in [-0.1, -0.05) is 24.3 Å². The Labute approximate surface area is 125 Å². The SMILES string of the molecule is CC(C)N(Cc1cccnc1)C(=S)Nc1ccccc1. The number of anilines is 1. The van der Waals surface area contributed by atoms with Crippen LogP contribution in [-0.4, -0.2) is 21.0 Å². The molecule has 20 heavy (non-hydrogen) atoms. The second kappa shape index (κ2) is 7.01. The predicted molar refractivity (Wildman–Crippen MR) is 87.6 cm³/mol. The molecule has 0 saturated carbocycles. The van der Waals surface area contributed by atoms with Crippen LogP contribution in [0.5, 0.6) is 0 Å². The molecule has 0 unspecified atom stereocenters. The van der Waals surface area contributed by atoms with Gasteiger partial charge in [-0.3, -0.25) is 4.98 Å². The highest BCUT2D eigenvalue weighted by Crippen LogP contribution is 2.12. The van der Waals surface area contributed by atoms with Crippen molar-refractivity contribution in [1.29, 1.82) is 0 Å². The quantitative estimate of drug-likeness (QED) is 0.867. The van der Waals surface area contributed by atoms with Crippen LogP contribution >= 0.6 is 12.2 Å². The average Bonchev–Trinajstić information content (AvgIpc) is 2.46. The minimum Gasteiger partial charge on any atom is -0.342 e. The van der Waals surface area contributed by atoms with Crippen LogP contribution in [-0.2, 0) is 6.54 Å². The van der Waals surface area contributed by atoms with Gasteiger partial charge in [0, 0.05) is 30.7 Å². The van der Waals surface area contributed by atoms with E-state index in [1.54, 1.807) is 6.20 Å². The number of nitrogens with zero attached hydrogens (tertiary/aromatic N) is 2. The van der Waals surface area contributed by atoms with E-state index in [9.17, 15) is 0 Å². The maximum atomic E-state index is 5.53. The Kier molecular flexibility index (Phi) is 5.07. The van der Waals surface area contributed by atoms with E-state index in [1.807, 2.05) is 42.6 Å². The molecule has 3 nitrogen and oxygen atoms in total. The van der Waals surface area contributed by atoms with Crippen molar-refractivity contribution in [3.05, 3.63) is 60.4 Å². The summed E-state index contributed by atoms with van der Waals surface area (Å²) in [5.74, 6) is 0. The van der Waals surface area contributed by atoms with Crippen molar-refractivity contribution in [3.8, 4) is 0 Å². The van der Waals surface area contributed by atoms with Crippen molar-refractivity contribution in [2.24, 2.45) is 0 Å². The first kappa shape index (κ1) is 14.5. The van der Waals surface area contributed by atoms with Crippen LogP contribution in [0.2, 0.25) is 0 Å². The van der Waals surface area contributed by atoms with Crippen LogP contribution in [0.4, 0.5) is 5.69 Å². The minimum atomic E-state index is 0.318. The van der Waals surface area contributed by atoms with Crippen LogP contribution in [0.25, 0.3) is 0 Å². The van der Waals surface area contributed by atoms with Crippen molar-refractivity contribution in [2.75, 3.05) is 5.32 Å². The first-order valence-electron chi connectivity index (χ1n) is 6.68. The number of thiocarbonyl (C=S) groups is 1. The van der Waals surface area contributed by atoms with Gasteiger partial charge in [0.15, 0.2) is 5.11 Å². The summed E-state index contributed by atoms with van der Waals surface area (Å²) in [4.78, 5) is 6.30. The van der Waals surface area contributed by atoms with Gasteiger partial charge in [-0.25, -0.2) is 0 Å². The number of rotatable bonds is 4. The molecule has 0 bridgehead atoms. The molecule has 1 aromatic carbocycles. The fourth-order valence-electron chi connectivity index (χ4n) is 1.89. The highest BCUT2D eigenvalue weighted by Gasteiger charge is 2.14. The molecule has 0 amide bonds. The molecule has 0 saturated heterocycles. The van der Waals surface area contributed by atoms with Crippen molar-refractivity contribution < 1.29 is 0 Å². The molecular formula is C16H19N3S. The Balaban J connectivity index is 2.07. The summed E-state index contributed by atoms with van der Waals surface area (Å²) in [7, 11) is 0. The molecule has 1 N–H and O–H groups in total. The van der Waals surface area contributed by atoms with Gasteiger partial charge < -0.3 is 10.2 Å². The van der Waals surface area contributed by atoms with Crippen molar-refractivity contribution in [2.45, 2.75) is 26.4 Å². The summed E-state index contributed by atoms with van der Waals surface area (Å²) in [6.45, 7) is 5.02. The Hall–Kier alpha value is -1.94. The lowest BCUT2D eigenvalue weighted by Crippen LogP contribution is -2.39. The fourth-order valence-corrected chi connectivity index (χ4v) is 2.29. The zero-order chi connectivity index (χ0) is 14.4. The molecule has 0 spiro atoms. The number of para-hydroxylation sites is 1. The van der Waals surface area contributed by atoms with Crippen LogP contribution in [0.15, 0.2) is 54.9 Å². The highest BCUT2D eigenvalue weighted by molar-refractivity contribution is 7.80. The van der Waals surface area contributed by atoms with E-state index >= 15 is 0 Å². The standard InChI is InChI=1S/C16H19N3S/c1-13(2)19(12-14-7-6-10-17-11-14)16(20)18-15-8-4-3-5-9-15/h3-11,13H,12H2,1-2H3,(H,18,20). The van der Waals surface area contributed by atoms with Crippen molar-refractivity contribution >= 4 is 23.0 Å². The van der Waals surface area contributed by atoms with Gasteiger partial charge in [-0.05, 0) is 49.8 Å². The molecular weight excluding hydrogens is 266 g/mol. The molecule has 4 heteroatoms. The van der Waals surface area contributed by atoms with E-state index in [0.717, 1.165) is 22.9 Å². The van der Waals surface area contributed by atoms with E-state index in [1.165, 1.54) is 0 Å². The summed E-state index contributed by atoms with van der Waals surface area (Å²) in [5.41, 5.74) is 2.16. The lowest BCUT2D eigenvalue weighted by molar-refractivity contribution is 0.347. The highest BCUT2D eigenvalue weighted by atomic mass is 32.1. The Bertz CT molecular complexity index is 540. The first-order valence-corrected chi connectivity index (χ1v) is 7.09. The normalized spacial score (nSPS) is 10.3. The Morgan fingerprint density at radius 2 is 1.95 bits per heavy atom. The number of pyridine rings is 1. The summed E-state index contributed by atoms with van der Waals surface area (Å²) in [6, 6.07) is 14.3. The molecule has 1 heterocycles. The third-order valence-electron chi connectivity index (χ3n) is 2.98. The number of aromatic nitrogens is 1. The molecule has 0 fully saturated rings. The first-order chi connectivity index (χ1) is 9.66. The monoisotopic (exact) mass is 285 g/mol. The van der Waals surface area contributed by atoms with Gasteiger partial charge >= 0.3 is 0 Å². The lowest BCUT2D eigenvalue weighted by atomic mass is 10.2. The topological polar surface area (TPSA) is 28.2 Å². The zero-order valence-electron chi connectivity index (χ0n) is 11.8. The molecule has 0 aliphatic heterocycles. The summed E-state index contributed by atoms with van der Waals surface area (Å²) in [5, 5.41) is 4.01. The summed E-state index contributed by atoms with van der Waals surface area (Å²) >= 11 is 5.53. The van der Waals surface area contributed by atoms with E-state index in [0.29, 0.717) is 6.04 Å². The van der Waals surface area contributed by atoms with Gasteiger partial charge in [0.2, 0.25) is 0 Å². The molecule has 1 aromatic heterocycles. The molecule has 0 atom stereocenters.